The average Bonchev–Trinajstić information content (AvgIpc) is 3.62. The van der Waals surface area contributed by atoms with Crippen LogP contribution < -0.4 is 10.6 Å². The minimum atomic E-state index is -4.44. The highest BCUT2D eigenvalue weighted by Crippen LogP contribution is 2.35. The van der Waals surface area contributed by atoms with E-state index in [1.165, 1.54) is 26.5 Å². The van der Waals surface area contributed by atoms with E-state index in [0.717, 1.165) is 28.2 Å². The Labute approximate surface area is 217 Å². The minimum Gasteiger partial charge on any atom is -0.358 e. The smallest absolute Gasteiger partial charge is 0.358 e. The summed E-state index contributed by atoms with van der Waals surface area (Å²) in [5.74, 6) is 0.259. The average molecular weight is 542 g/mol. The number of anilines is 1. The summed E-state index contributed by atoms with van der Waals surface area (Å²) in [5, 5.41) is 0.831. The predicted octanol–water partition coefficient (Wildman–Crippen LogP) is 3.71. The van der Waals surface area contributed by atoms with Crippen molar-refractivity contribution < 1.29 is 18.0 Å². The van der Waals surface area contributed by atoms with Crippen LogP contribution in [0.15, 0.2) is 52.8 Å². The monoisotopic (exact) mass is 541 g/mol. The lowest BCUT2D eigenvalue weighted by atomic mass is 10.2. The van der Waals surface area contributed by atoms with Gasteiger partial charge >= 0.3 is 11.9 Å². The summed E-state index contributed by atoms with van der Waals surface area (Å²) >= 11 is 1.41. The zero-order chi connectivity index (χ0) is 26.6. The van der Waals surface area contributed by atoms with Gasteiger partial charge in [-0.15, -0.1) is 11.3 Å². The minimum absolute atomic E-state index is 0.0368. The van der Waals surface area contributed by atoms with Crippen molar-refractivity contribution in [2.45, 2.75) is 12.7 Å². The number of imidazole rings is 2. The lowest BCUT2D eigenvalue weighted by Gasteiger charge is -2.35. The molecule has 13 heteroatoms. The zero-order valence-corrected chi connectivity index (χ0v) is 21.0. The molecule has 38 heavy (non-hydrogen) atoms. The van der Waals surface area contributed by atoms with Crippen molar-refractivity contribution in [3.63, 3.8) is 0 Å². The van der Waals surface area contributed by atoms with Gasteiger partial charge in [0.05, 0.1) is 33.1 Å². The number of alkyl halides is 3. The summed E-state index contributed by atoms with van der Waals surface area (Å²) in [6.45, 7) is 1.98. The third kappa shape index (κ3) is 4.12. The lowest BCUT2D eigenvalue weighted by Crippen LogP contribution is -2.50. The van der Waals surface area contributed by atoms with E-state index >= 15 is 0 Å². The Hall–Kier alpha value is -4.13. The number of aromatic amines is 1. The van der Waals surface area contributed by atoms with Gasteiger partial charge in [-0.05, 0) is 30.3 Å². The predicted molar refractivity (Wildman–Crippen MR) is 138 cm³/mol. The van der Waals surface area contributed by atoms with Crippen molar-refractivity contribution in [2.24, 2.45) is 7.05 Å². The number of amides is 1. The highest BCUT2D eigenvalue weighted by molar-refractivity contribution is 7.14. The Morgan fingerprint density at radius 1 is 1.08 bits per heavy atom. The van der Waals surface area contributed by atoms with Gasteiger partial charge in [0.2, 0.25) is 5.91 Å². The number of piperazine rings is 1. The van der Waals surface area contributed by atoms with Gasteiger partial charge in [-0.1, -0.05) is 12.1 Å². The summed E-state index contributed by atoms with van der Waals surface area (Å²) in [7, 11) is 1.69. The number of benzene rings is 2. The van der Waals surface area contributed by atoms with E-state index in [4.69, 9.17) is 0 Å². The molecule has 0 spiro atoms. The van der Waals surface area contributed by atoms with Crippen LogP contribution in [-0.4, -0.2) is 61.1 Å². The number of hydrogen-bond donors (Lipinski definition) is 1. The summed E-state index contributed by atoms with van der Waals surface area (Å²) < 4.78 is 42.3. The number of rotatable bonds is 4. The SMILES string of the molecule is Cn1c(=O)n(CC(=O)N2CCN(c3scnc3-c3nc4ccc(C(F)(F)F)cc4[nH]3)CC2)c2ccccc21. The first-order valence-electron chi connectivity index (χ1n) is 11.9. The number of thiazole rings is 1. The molecule has 0 saturated carbocycles. The molecular formula is C25H22F3N7O2S. The molecule has 0 bridgehead atoms. The maximum Gasteiger partial charge on any atom is 0.416 e. The van der Waals surface area contributed by atoms with Crippen LogP contribution in [0.4, 0.5) is 18.2 Å². The van der Waals surface area contributed by atoms with Gasteiger partial charge in [0.25, 0.3) is 0 Å². The maximum absolute atomic E-state index is 13.1. The third-order valence-electron chi connectivity index (χ3n) is 6.85. The van der Waals surface area contributed by atoms with Crippen LogP contribution in [0.3, 0.4) is 0 Å². The summed E-state index contributed by atoms with van der Waals surface area (Å²) in [5.41, 5.74) is 3.44. The molecule has 1 saturated heterocycles. The first-order chi connectivity index (χ1) is 18.2. The normalized spacial score (nSPS) is 14.6. The second kappa shape index (κ2) is 9.01. The molecule has 0 unspecified atom stereocenters. The molecule has 2 aromatic carbocycles. The molecule has 4 heterocycles. The fourth-order valence-electron chi connectivity index (χ4n) is 4.84. The van der Waals surface area contributed by atoms with Crippen LogP contribution in [0, 0.1) is 0 Å². The van der Waals surface area contributed by atoms with Crippen molar-refractivity contribution >= 4 is 44.3 Å². The first-order valence-corrected chi connectivity index (χ1v) is 12.8. The highest BCUT2D eigenvalue weighted by Gasteiger charge is 2.31. The first kappa shape index (κ1) is 24.2. The van der Waals surface area contributed by atoms with Crippen LogP contribution in [0.5, 0.6) is 0 Å². The van der Waals surface area contributed by atoms with Crippen molar-refractivity contribution in [1.29, 1.82) is 0 Å². The van der Waals surface area contributed by atoms with Gasteiger partial charge in [0, 0.05) is 33.2 Å². The van der Waals surface area contributed by atoms with Gasteiger partial charge in [0.1, 0.15) is 17.2 Å². The fraction of sp³-hybridized carbons (Fsp3) is 0.280. The van der Waals surface area contributed by atoms with Gasteiger partial charge in [-0.3, -0.25) is 13.9 Å². The van der Waals surface area contributed by atoms with Gasteiger partial charge in [-0.2, -0.15) is 13.2 Å². The van der Waals surface area contributed by atoms with Crippen LogP contribution in [0.2, 0.25) is 0 Å². The molecular weight excluding hydrogens is 519 g/mol. The Morgan fingerprint density at radius 3 is 2.55 bits per heavy atom. The third-order valence-corrected chi connectivity index (χ3v) is 7.73. The molecule has 196 valence electrons. The molecule has 5 aromatic rings. The highest BCUT2D eigenvalue weighted by atomic mass is 32.1. The number of para-hydroxylation sites is 2. The van der Waals surface area contributed by atoms with Crippen molar-refractivity contribution in [1.82, 2.24) is 29.0 Å². The van der Waals surface area contributed by atoms with Crippen LogP contribution in [-0.2, 0) is 24.6 Å². The topological polar surface area (TPSA) is 92.1 Å². The second-order valence-corrected chi connectivity index (χ2v) is 9.94. The molecule has 3 aromatic heterocycles. The van der Waals surface area contributed by atoms with Gasteiger partial charge in [0.15, 0.2) is 5.82 Å². The van der Waals surface area contributed by atoms with Crippen molar-refractivity contribution in [2.75, 3.05) is 31.1 Å². The molecule has 1 aliphatic rings. The van der Waals surface area contributed by atoms with E-state index in [1.807, 2.05) is 24.3 Å². The summed E-state index contributed by atoms with van der Waals surface area (Å²) in [6.07, 6.45) is -4.44. The molecule has 0 radical (unpaired) electrons. The second-order valence-electron chi connectivity index (χ2n) is 9.11. The number of H-pyrrole nitrogens is 1. The van der Waals surface area contributed by atoms with Crippen molar-refractivity contribution in [3.05, 3.63) is 64.0 Å². The van der Waals surface area contributed by atoms with Crippen molar-refractivity contribution in [3.8, 4) is 11.5 Å². The molecule has 0 atom stereocenters. The fourth-order valence-corrected chi connectivity index (χ4v) is 5.69. The number of carbonyl (C=O) groups is 1. The van der Waals surface area contributed by atoms with E-state index < -0.39 is 11.7 Å². The Bertz CT molecular complexity index is 1720. The van der Waals surface area contributed by atoms with E-state index in [9.17, 15) is 22.8 Å². The molecule has 1 fully saturated rings. The molecule has 0 aliphatic carbocycles. The van der Waals surface area contributed by atoms with Gasteiger partial charge < -0.3 is 14.8 Å². The molecule has 1 N–H and O–H groups in total. The number of aryl methyl sites for hydroxylation is 1. The summed E-state index contributed by atoms with van der Waals surface area (Å²) in [6, 6.07) is 10.8. The standard InChI is InChI=1S/C25H22F3N7O2S/c1-32-18-4-2-3-5-19(18)35(24(32)37)13-20(36)33-8-10-34(11-9-33)23-21(29-14-38-23)22-30-16-7-6-15(25(26,27)28)12-17(16)31-22/h2-7,12,14H,8-11,13H2,1H3,(H,30,31). The van der Waals surface area contributed by atoms with Crippen LogP contribution >= 0.6 is 11.3 Å². The largest absolute Gasteiger partial charge is 0.416 e. The van der Waals surface area contributed by atoms with E-state index in [1.54, 1.807) is 17.5 Å². The van der Waals surface area contributed by atoms with Crippen LogP contribution in [0.1, 0.15) is 5.56 Å². The van der Waals surface area contributed by atoms with Gasteiger partial charge in [-0.25, -0.2) is 14.8 Å². The number of hydrogen-bond acceptors (Lipinski definition) is 6. The van der Waals surface area contributed by atoms with E-state index in [2.05, 4.69) is 19.9 Å². The van der Waals surface area contributed by atoms with Crippen LogP contribution in [0.25, 0.3) is 33.6 Å². The number of fused-ring (bicyclic) bond motifs is 2. The molecule has 9 nitrogen and oxygen atoms in total. The Balaban J connectivity index is 1.17. The number of halogens is 3. The lowest BCUT2D eigenvalue weighted by molar-refractivity contribution is -0.137. The maximum atomic E-state index is 13.1. The number of nitrogens with one attached hydrogen (secondary N) is 1. The number of aromatic nitrogens is 5. The molecule has 6 rings (SSSR count). The Kier molecular flexibility index (Phi) is 5.74. The Morgan fingerprint density at radius 2 is 1.82 bits per heavy atom. The van der Waals surface area contributed by atoms with E-state index in [0.29, 0.717) is 43.2 Å². The summed E-state index contributed by atoms with van der Waals surface area (Å²) in [4.78, 5) is 41.5. The number of carbonyl (C=O) groups excluding carboxylic acids is 1. The molecule has 1 amide bonds. The molecule has 1 aliphatic heterocycles. The zero-order valence-electron chi connectivity index (χ0n) is 20.2. The quantitative estimate of drug-likeness (QED) is 0.375. The van der Waals surface area contributed by atoms with E-state index in [-0.39, 0.29) is 23.7 Å². The number of nitrogens with zero attached hydrogens (tertiary/aromatic N) is 6.